The van der Waals surface area contributed by atoms with Crippen LogP contribution < -0.4 is 10.1 Å². The van der Waals surface area contributed by atoms with Crippen LogP contribution in [-0.2, 0) is 6.42 Å². The maximum absolute atomic E-state index is 5.51. The Balaban J connectivity index is 2.26. The van der Waals surface area contributed by atoms with E-state index < -0.39 is 0 Å². The Morgan fingerprint density at radius 3 is 3.00 bits per heavy atom. The normalized spacial score (nSPS) is 18.6. The molecule has 1 atom stereocenters. The van der Waals surface area contributed by atoms with E-state index in [9.17, 15) is 0 Å². The topological polar surface area (TPSA) is 37.0 Å². The van der Waals surface area contributed by atoms with Crippen LogP contribution >= 0.6 is 0 Å². The highest BCUT2D eigenvalue weighted by atomic mass is 16.5. The molecule has 2 aromatic rings. The summed E-state index contributed by atoms with van der Waals surface area (Å²) in [6, 6.07) is 4.23. The fourth-order valence-electron chi connectivity index (χ4n) is 3.47. The van der Waals surface area contributed by atoms with Gasteiger partial charge >= 0.3 is 0 Å². The molecule has 3 heteroatoms. The van der Waals surface area contributed by atoms with E-state index in [0.29, 0.717) is 5.92 Å². The van der Waals surface area contributed by atoms with Crippen molar-refractivity contribution in [2.45, 2.75) is 32.1 Å². The predicted molar refractivity (Wildman–Crippen MR) is 79.2 cm³/mol. The molecule has 19 heavy (non-hydrogen) atoms. The molecular formula is C16H22N2O. The monoisotopic (exact) mass is 258 g/mol. The molecule has 1 aliphatic carbocycles. The number of aromatic nitrogens is 1. The van der Waals surface area contributed by atoms with E-state index in [1.807, 2.05) is 7.05 Å². The first-order valence-corrected chi connectivity index (χ1v) is 7.09. The number of ether oxygens (including phenoxy) is 1. The summed E-state index contributed by atoms with van der Waals surface area (Å²) in [6.45, 7) is 3.25. The van der Waals surface area contributed by atoms with Gasteiger partial charge in [-0.1, -0.05) is 6.07 Å². The highest BCUT2D eigenvalue weighted by molar-refractivity contribution is 5.93. The zero-order valence-electron chi connectivity index (χ0n) is 12.0. The number of rotatable bonds is 3. The van der Waals surface area contributed by atoms with Crippen LogP contribution in [0.15, 0.2) is 12.1 Å². The fraction of sp³-hybridized carbons (Fsp3) is 0.500. The third-order valence-electron chi connectivity index (χ3n) is 4.30. The summed E-state index contributed by atoms with van der Waals surface area (Å²) in [5, 5.41) is 4.72. The molecule has 1 aromatic carbocycles. The molecule has 1 heterocycles. The van der Waals surface area contributed by atoms with Gasteiger partial charge < -0.3 is 15.0 Å². The number of fused-ring (bicyclic) bond motifs is 3. The van der Waals surface area contributed by atoms with Crippen molar-refractivity contribution in [2.24, 2.45) is 0 Å². The van der Waals surface area contributed by atoms with Crippen LogP contribution in [0.2, 0.25) is 0 Å². The van der Waals surface area contributed by atoms with Gasteiger partial charge in [-0.05, 0) is 56.3 Å². The Kier molecular flexibility index (Phi) is 3.23. The second-order valence-electron chi connectivity index (χ2n) is 5.50. The minimum atomic E-state index is 0.619. The van der Waals surface area contributed by atoms with Gasteiger partial charge in [-0.2, -0.15) is 0 Å². The van der Waals surface area contributed by atoms with Crippen molar-refractivity contribution in [3.05, 3.63) is 29.0 Å². The number of aromatic amines is 1. The molecule has 0 amide bonds. The molecule has 102 valence electrons. The van der Waals surface area contributed by atoms with Crippen molar-refractivity contribution in [1.29, 1.82) is 0 Å². The number of H-pyrrole nitrogens is 1. The molecule has 2 N–H and O–H groups in total. The minimum absolute atomic E-state index is 0.619. The van der Waals surface area contributed by atoms with Crippen molar-refractivity contribution in [3.8, 4) is 5.75 Å². The molecular weight excluding hydrogens is 236 g/mol. The van der Waals surface area contributed by atoms with E-state index in [-0.39, 0.29) is 0 Å². The molecule has 1 aromatic heterocycles. The van der Waals surface area contributed by atoms with Gasteiger partial charge in [0.25, 0.3) is 0 Å². The van der Waals surface area contributed by atoms with Crippen LogP contribution in [0.25, 0.3) is 10.9 Å². The first-order valence-electron chi connectivity index (χ1n) is 7.09. The van der Waals surface area contributed by atoms with Gasteiger partial charge in [0.2, 0.25) is 0 Å². The molecule has 1 unspecified atom stereocenters. The number of hydrogen-bond donors (Lipinski definition) is 2. The molecule has 0 radical (unpaired) electrons. The van der Waals surface area contributed by atoms with E-state index in [2.05, 4.69) is 29.4 Å². The summed E-state index contributed by atoms with van der Waals surface area (Å²) in [4.78, 5) is 3.61. The van der Waals surface area contributed by atoms with Crippen LogP contribution in [0, 0.1) is 6.92 Å². The molecule has 0 saturated heterocycles. The van der Waals surface area contributed by atoms with Crippen molar-refractivity contribution < 1.29 is 4.74 Å². The Hall–Kier alpha value is -1.48. The molecule has 1 aliphatic rings. The van der Waals surface area contributed by atoms with Crippen LogP contribution in [-0.4, -0.2) is 25.7 Å². The predicted octanol–water partition coefficient (Wildman–Crippen LogP) is 3.12. The number of aryl methyl sites for hydroxylation is 2. The van der Waals surface area contributed by atoms with Crippen molar-refractivity contribution >= 4 is 10.9 Å². The van der Waals surface area contributed by atoms with Gasteiger partial charge in [0, 0.05) is 17.6 Å². The van der Waals surface area contributed by atoms with E-state index in [1.165, 1.54) is 40.6 Å². The van der Waals surface area contributed by atoms with E-state index in [4.69, 9.17) is 4.74 Å². The lowest BCUT2D eigenvalue weighted by Crippen LogP contribution is -2.20. The van der Waals surface area contributed by atoms with E-state index >= 15 is 0 Å². The quantitative estimate of drug-likeness (QED) is 0.887. The molecule has 0 bridgehead atoms. The maximum Gasteiger partial charge on any atom is 0.142 e. The van der Waals surface area contributed by atoms with Crippen LogP contribution in [0.5, 0.6) is 5.75 Å². The second-order valence-corrected chi connectivity index (χ2v) is 5.50. The van der Waals surface area contributed by atoms with E-state index in [0.717, 1.165) is 18.7 Å². The highest BCUT2D eigenvalue weighted by Crippen LogP contribution is 2.40. The summed E-state index contributed by atoms with van der Waals surface area (Å²) in [5.74, 6) is 1.58. The average molecular weight is 258 g/mol. The van der Waals surface area contributed by atoms with Crippen LogP contribution in [0.3, 0.4) is 0 Å². The first-order chi connectivity index (χ1) is 9.26. The standard InChI is InChI=1S/C16H22N2O/c1-10-7-8-13(19-3)16-14(10)15-11(9-17-2)5-4-6-12(15)18-16/h7-8,11,17-18H,4-6,9H2,1-3H3. The Morgan fingerprint density at radius 1 is 1.42 bits per heavy atom. The lowest BCUT2D eigenvalue weighted by molar-refractivity contribution is 0.419. The van der Waals surface area contributed by atoms with Gasteiger partial charge in [-0.15, -0.1) is 0 Å². The van der Waals surface area contributed by atoms with Gasteiger partial charge in [-0.3, -0.25) is 0 Å². The third kappa shape index (κ3) is 1.93. The minimum Gasteiger partial charge on any atom is -0.495 e. The summed E-state index contributed by atoms with van der Waals surface area (Å²) in [6.07, 6.45) is 3.71. The van der Waals surface area contributed by atoms with Crippen LogP contribution in [0.1, 0.15) is 35.6 Å². The first kappa shape index (κ1) is 12.5. The molecule has 3 rings (SSSR count). The number of hydrogen-bond acceptors (Lipinski definition) is 2. The summed E-state index contributed by atoms with van der Waals surface area (Å²) in [5.41, 5.74) is 5.45. The number of benzene rings is 1. The average Bonchev–Trinajstić information content (AvgIpc) is 2.81. The molecule has 0 saturated carbocycles. The number of methoxy groups -OCH3 is 1. The highest BCUT2D eigenvalue weighted by Gasteiger charge is 2.26. The molecule has 3 nitrogen and oxygen atoms in total. The smallest absolute Gasteiger partial charge is 0.142 e. The summed E-state index contributed by atoms with van der Waals surface area (Å²) in [7, 11) is 3.78. The van der Waals surface area contributed by atoms with Crippen LogP contribution in [0.4, 0.5) is 0 Å². The van der Waals surface area contributed by atoms with E-state index in [1.54, 1.807) is 7.11 Å². The fourth-order valence-corrected chi connectivity index (χ4v) is 3.47. The summed E-state index contributed by atoms with van der Waals surface area (Å²) >= 11 is 0. The van der Waals surface area contributed by atoms with Gasteiger partial charge in [0.1, 0.15) is 5.75 Å². The van der Waals surface area contributed by atoms with Gasteiger partial charge in [0.05, 0.1) is 12.6 Å². The molecule has 0 aliphatic heterocycles. The lowest BCUT2D eigenvalue weighted by atomic mass is 9.84. The zero-order valence-corrected chi connectivity index (χ0v) is 12.0. The third-order valence-corrected chi connectivity index (χ3v) is 4.30. The number of likely N-dealkylation sites (N-methyl/N-ethyl adjacent to an activating group) is 1. The Labute approximate surface area is 114 Å². The summed E-state index contributed by atoms with van der Waals surface area (Å²) < 4.78 is 5.51. The largest absolute Gasteiger partial charge is 0.495 e. The zero-order chi connectivity index (χ0) is 13.4. The maximum atomic E-state index is 5.51. The van der Waals surface area contributed by atoms with Gasteiger partial charge in [-0.25, -0.2) is 0 Å². The second kappa shape index (κ2) is 4.89. The van der Waals surface area contributed by atoms with Gasteiger partial charge in [0.15, 0.2) is 0 Å². The Bertz CT molecular complexity index is 600. The number of nitrogens with one attached hydrogen (secondary N) is 2. The molecule has 0 spiro atoms. The lowest BCUT2D eigenvalue weighted by Gasteiger charge is -2.23. The molecule has 0 fully saturated rings. The Morgan fingerprint density at radius 2 is 2.26 bits per heavy atom. The SMILES string of the molecule is CNCC1CCCc2[nH]c3c(OC)ccc(C)c3c21. The van der Waals surface area contributed by atoms with Crippen molar-refractivity contribution in [2.75, 3.05) is 20.7 Å². The van der Waals surface area contributed by atoms with Crippen molar-refractivity contribution in [3.63, 3.8) is 0 Å². The van der Waals surface area contributed by atoms with Crippen molar-refractivity contribution in [1.82, 2.24) is 10.3 Å².